The molecule has 0 unspecified atom stereocenters. The van der Waals surface area contributed by atoms with Crippen LogP contribution in [-0.4, -0.2) is 10.3 Å². The fraction of sp³-hybridized carbons (Fsp3) is 0.0435. The van der Waals surface area contributed by atoms with Gasteiger partial charge in [0.05, 0.1) is 11.4 Å². The molecule has 0 aliphatic carbocycles. The minimum absolute atomic E-state index is 0.843. The van der Waals surface area contributed by atoms with Crippen molar-refractivity contribution < 1.29 is 0 Å². The van der Waals surface area contributed by atoms with Gasteiger partial charge in [-0.3, -0.25) is 4.57 Å². The second-order valence-corrected chi connectivity index (χ2v) is 6.93. The summed E-state index contributed by atoms with van der Waals surface area (Å²) in [6, 6.07) is 30.8. The summed E-state index contributed by atoms with van der Waals surface area (Å²) in [4.78, 5) is 0.843. The van der Waals surface area contributed by atoms with Gasteiger partial charge in [-0.15, -0.1) is 16.4 Å². The maximum Gasteiger partial charge on any atom is 0.215 e. The molecule has 3 aromatic carbocycles. The monoisotopic (exact) mass is 369 g/mol. The van der Waals surface area contributed by atoms with E-state index < -0.39 is 0 Å². The molecule has 1 aromatic heterocycles. The third-order valence-electron chi connectivity index (χ3n) is 4.27. The molecule has 0 N–H and O–H groups in total. The maximum atomic E-state index is 4.57. The molecule has 132 valence electrons. The normalized spacial score (nSPS) is 12.3. The molecule has 0 saturated heterocycles. The molecule has 0 amide bonds. The van der Waals surface area contributed by atoms with E-state index in [4.69, 9.17) is 0 Å². The molecule has 0 bridgehead atoms. The Labute approximate surface area is 162 Å². The molecule has 1 heterocycles. The topological polar surface area (TPSA) is 29.6 Å². The van der Waals surface area contributed by atoms with Gasteiger partial charge < -0.3 is 0 Å². The Kier molecular flexibility index (Phi) is 5.08. The summed E-state index contributed by atoms with van der Waals surface area (Å²) in [5.41, 5.74) is 5.31. The predicted molar refractivity (Wildman–Crippen MR) is 113 cm³/mol. The van der Waals surface area contributed by atoms with Crippen molar-refractivity contribution in [3.05, 3.63) is 107 Å². The largest absolute Gasteiger partial charge is 0.284 e. The van der Waals surface area contributed by atoms with Gasteiger partial charge >= 0.3 is 0 Å². The summed E-state index contributed by atoms with van der Waals surface area (Å²) in [7, 11) is 0. The van der Waals surface area contributed by atoms with Crippen LogP contribution in [0.3, 0.4) is 0 Å². The van der Waals surface area contributed by atoms with E-state index in [0.717, 1.165) is 33.0 Å². The van der Waals surface area contributed by atoms with Crippen molar-refractivity contribution in [3.8, 4) is 16.9 Å². The van der Waals surface area contributed by atoms with E-state index in [1.54, 1.807) is 11.3 Å². The van der Waals surface area contributed by atoms with Gasteiger partial charge in [-0.2, -0.15) is 5.10 Å². The Hall–Kier alpha value is -3.24. The van der Waals surface area contributed by atoms with Crippen LogP contribution < -0.4 is 4.80 Å². The second-order valence-electron chi connectivity index (χ2n) is 6.09. The van der Waals surface area contributed by atoms with Crippen LogP contribution in [0.2, 0.25) is 0 Å². The number of thiazole rings is 1. The summed E-state index contributed by atoms with van der Waals surface area (Å²) in [5.74, 6) is 0. The molecule has 0 fully saturated rings. The summed E-state index contributed by atoms with van der Waals surface area (Å²) < 4.78 is 2.15. The number of benzene rings is 3. The zero-order valence-corrected chi connectivity index (χ0v) is 15.8. The van der Waals surface area contributed by atoms with Crippen molar-refractivity contribution in [2.24, 2.45) is 10.2 Å². The third-order valence-corrected chi connectivity index (χ3v) is 5.09. The van der Waals surface area contributed by atoms with Gasteiger partial charge in [-0.25, -0.2) is 0 Å². The van der Waals surface area contributed by atoms with E-state index in [-0.39, 0.29) is 0 Å². The maximum absolute atomic E-state index is 4.57. The van der Waals surface area contributed by atoms with Gasteiger partial charge in [-0.1, -0.05) is 78.9 Å². The highest BCUT2D eigenvalue weighted by Crippen LogP contribution is 2.23. The van der Waals surface area contributed by atoms with Crippen LogP contribution in [0.5, 0.6) is 0 Å². The Balaban J connectivity index is 1.85. The molecular weight excluding hydrogens is 350 g/mol. The molecular formula is C23H19N3S. The van der Waals surface area contributed by atoms with Crippen LogP contribution in [0, 0.1) is 0 Å². The van der Waals surface area contributed by atoms with Crippen LogP contribution >= 0.6 is 11.3 Å². The number of para-hydroxylation sites is 1. The van der Waals surface area contributed by atoms with Gasteiger partial charge in [-0.05, 0) is 30.2 Å². The van der Waals surface area contributed by atoms with Crippen LogP contribution in [0.25, 0.3) is 16.9 Å². The molecule has 4 aromatic rings. The fourth-order valence-electron chi connectivity index (χ4n) is 2.87. The van der Waals surface area contributed by atoms with Crippen LogP contribution in [0.4, 0.5) is 0 Å². The van der Waals surface area contributed by atoms with E-state index in [1.807, 2.05) is 61.5 Å². The number of hydrogen-bond acceptors (Lipinski definition) is 3. The molecule has 0 atom stereocenters. The molecule has 0 radical (unpaired) electrons. The van der Waals surface area contributed by atoms with Crippen LogP contribution in [0.15, 0.2) is 107 Å². The first-order valence-corrected chi connectivity index (χ1v) is 9.66. The minimum Gasteiger partial charge on any atom is -0.284 e. The Morgan fingerprint density at radius 3 is 2.04 bits per heavy atom. The average molecular weight is 369 g/mol. The number of nitrogens with zero attached hydrogens (tertiary/aromatic N) is 3. The van der Waals surface area contributed by atoms with Crippen molar-refractivity contribution in [2.75, 3.05) is 0 Å². The first-order chi connectivity index (χ1) is 13.3. The molecule has 3 nitrogen and oxygen atoms in total. The molecule has 0 spiro atoms. The zero-order chi connectivity index (χ0) is 18.5. The van der Waals surface area contributed by atoms with Crippen molar-refractivity contribution in [1.29, 1.82) is 0 Å². The van der Waals surface area contributed by atoms with Gasteiger partial charge in [0, 0.05) is 11.1 Å². The van der Waals surface area contributed by atoms with Crippen molar-refractivity contribution >= 4 is 17.0 Å². The SMILES string of the molecule is C/C(=N\N=c1\scc(-c2ccccc2)n1-c1ccccc1)c1ccccc1. The molecule has 4 rings (SSSR count). The lowest BCUT2D eigenvalue weighted by atomic mass is 10.1. The molecule has 0 aliphatic rings. The first kappa shape index (κ1) is 17.2. The molecule has 4 heteroatoms. The second kappa shape index (κ2) is 7.98. The Bertz CT molecular complexity index is 1110. The minimum atomic E-state index is 0.843. The van der Waals surface area contributed by atoms with E-state index >= 15 is 0 Å². The number of rotatable bonds is 4. The number of aromatic nitrogens is 1. The van der Waals surface area contributed by atoms with Gasteiger partial charge in [0.15, 0.2) is 0 Å². The lowest BCUT2D eigenvalue weighted by Gasteiger charge is -2.08. The van der Waals surface area contributed by atoms with Gasteiger partial charge in [0.2, 0.25) is 4.80 Å². The standard InChI is InChI=1S/C23H19N3S/c1-18(19-11-5-2-6-12-19)24-25-23-26(21-15-9-4-10-16-21)22(17-27-23)20-13-7-3-8-14-20/h2-17H,1H3/b24-18+,25-23+. The highest BCUT2D eigenvalue weighted by atomic mass is 32.1. The van der Waals surface area contributed by atoms with Crippen molar-refractivity contribution in [2.45, 2.75) is 6.92 Å². The van der Waals surface area contributed by atoms with E-state index in [1.165, 1.54) is 0 Å². The van der Waals surface area contributed by atoms with Crippen LogP contribution in [0.1, 0.15) is 12.5 Å². The third kappa shape index (κ3) is 3.81. The van der Waals surface area contributed by atoms with Crippen molar-refractivity contribution in [1.82, 2.24) is 4.57 Å². The summed E-state index contributed by atoms with van der Waals surface area (Å²) >= 11 is 1.59. The molecule has 0 aliphatic heterocycles. The van der Waals surface area contributed by atoms with Gasteiger partial charge in [0.25, 0.3) is 0 Å². The fourth-order valence-corrected chi connectivity index (χ4v) is 3.73. The quantitative estimate of drug-likeness (QED) is 0.334. The van der Waals surface area contributed by atoms with Gasteiger partial charge in [0.1, 0.15) is 0 Å². The lowest BCUT2D eigenvalue weighted by Crippen LogP contribution is -2.13. The summed E-state index contributed by atoms with van der Waals surface area (Å²) in [6.07, 6.45) is 0. The Morgan fingerprint density at radius 1 is 0.778 bits per heavy atom. The average Bonchev–Trinajstić information content (AvgIpc) is 3.18. The zero-order valence-electron chi connectivity index (χ0n) is 15.0. The van der Waals surface area contributed by atoms with Crippen molar-refractivity contribution in [3.63, 3.8) is 0 Å². The lowest BCUT2D eigenvalue weighted by molar-refractivity contribution is 0.970. The van der Waals surface area contributed by atoms with E-state index in [2.05, 4.69) is 56.5 Å². The molecule has 27 heavy (non-hydrogen) atoms. The summed E-state index contributed by atoms with van der Waals surface area (Å²) in [5, 5.41) is 11.2. The van der Waals surface area contributed by atoms with Crippen LogP contribution in [-0.2, 0) is 0 Å². The number of hydrogen-bond donors (Lipinski definition) is 0. The van der Waals surface area contributed by atoms with E-state index in [0.29, 0.717) is 0 Å². The molecule has 0 saturated carbocycles. The predicted octanol–water partition coefficient (Wildman–Crippen LogP) is 5.53. The highest BCUT2D eigenvalue weighted by molar-refractivity contribution is 7.07. The van der Waals surface area contributed by atoms with E-state index in [9.17, 15) is 0 Å². The summed E-state index contributed by atoms with van der Waals surface area (Å²) in [6.45, 7) is 1.98. The Morgan fingerprint density at radius 2 is 1.37 bits per heavy atom. The highest BCUT2D eigenvalue weighted by Gasteiger charge is 2.09. The smallest absolute Gasteiger partial charge is 0.215 e. The first-order valence-electron chi connectivity index (χ1n) is 8.78.